The van der Waals surface area contributed by atoms with E-state index in [0.29, 0.717) is 22.9 Å². The van der Waals surface area contributed by atoms with Crippen molar-refractivity contribution >= 4 is 23.0 Å². The minimum absolute atomic E-state index is 0.0608. The van der Waals surface area contributed by atoms with Crippen LogP contribution in [-0.2, 0) is 9.47 Å². The second-order valence-corrected chi connectivity index (χ2v) is 9.87. The summed E-state index contributed by atoms with van der Waals surface area (Å²) in [5, 5.41) is 38.3. The molecule has 192 valence electrons. The Bertz CT molecular complexity index is 1280. The van der Waals surface area contributed by atoms with E-state index in [1.165, 1.54) is 40.8 Å². The van der Waals surface area contributed by atoms with Gasteiger partial charge in [0, 0.05) is 11.7 Å². The molecule has 0 spiro atoms. The highest BCUT2D eigenvalue weighted by molar-refractivity contribution is 5.89. The van der Waals surface area contributed by atoms with Crippen molar-refractivity contribution in [2.75, 3.05) is 18.5 Å². The number of anilines is 1. The molecule has 2 saturated carbocycles. The lowest BCUT2D eigenvalue weighted by atomic mass is 9.94. The van der Waals surface area contributed by atoms with Crippen molar-refractivity contribution in [3.8, 4) is 5.95 Å². The number of carbonyl (C=O) groups excluding carboxylic acids is 1. The van der Waals surface area contributed by atoms with Gasteiger partial charge in [0.15, 0.2) is 23.2 Å². The van der Waals surface area contributed by atoms with E-state index in [1.807, 2.05) is 0 Å². The fourth-order valence-electron chi connectivity index (χ4n) is 5.76. The minimum atomic E-state index is -1.29. The van der Waals surface area contributed by atoms with Gasteiger partial charge in [0.25, 0.3) is 5.95 Å². The molecular formula is C23H29N7O6. The first-order chi connectivity index (χ1) is 17.4. The van der Waals surface area contributed by atoms with Crippen molar-refractivity contribution in [1.29, 1.82) is 0 Å². The standard InChI is InChI=1S/C23H29N7O6/c1-2-35-21(34)13-8-25-30(9-13)22-26-18(28-23-5-3-12(7-23)4-6-23)15-19(27-22)29(11-24-15)20-17(33)16(32)14(10-31)36-20/h8-9,11-12,14,16-17,20,31-33H,2-7,10H2,1H3,(H,26,27,28)/t12?,14-,16-,17-,20-,23?/m1/s1. The molecule has 0 radical (unpaired) electrons. The maximum absolute atomic E-state index is 12.2. The summed E-state index contributed by atoms with van der Waals surface area (Å²) in [6.45, 7) is 1.53. The first-order valence-electron chi connectivity index (χ1n) is 12.3. The summed E-state index contributed by atoms with van der Waals surface area (Å²) in [6.07, 6.45) is 5.36. The summed E-state index contributed by atoms with van der Waals surface area (Å²) in [5.74, 6) is 0.930. The Morgan fingerprint density at radius 2 is 2.08 bits per heavy atom. The summed E-state index contributed by atoms with van der Waals surface area (Å²) >= 11 is 0. The number of imidazole rings is 1. The van der Waals surface area contributed by atoms with Crippen molar-refractivity contribution in [3.63, 3.8) is 0 Å². The molecule has 2 bridgehead atoms. The van der Waals surface area contributed by atoms with Crippen LogP contribution in [-0.4, -0.2) is 87.7 Å². The zero-order valence-corrected chi connectivity index (χ0v) is 19.8. The third-order valence-corrected chi connectivity index (χ3v) is 7.62. The number of hydrogen-bond acceptors (Lipinski definition) is 11. The van der Waals surface area contributed by atoms with E-state index in [9.17, 15) is 20.1 Å². The van der Waals surface area contributed by atoms with Crippen molar-refractivity contribution in [2.45, 2.75) is 69.1 Å². The molecular weight excluding hydrogens is 470 g/mol. The Hall–Kier alpha value is -3.13. The molecule has 3 aliphatic rings. The number of carbonyl (C=O) groups is 1. The summed E-state index contributed by atoms with van der Waals surface area (Å²) < 4.78 is 13.7. The van der Waals surface area contributed by atoms with Gasteiger partial charge < -0.3 is 30.1 Å². The zero-order valence-electron chi connectivity index (χ0n) is 19.8. The van der Waals surface area contributed by atoms with Gasteiger partial charge in [0.2, 0.25) is 0 Å². The molecule has 1 saturated heterocycles. The Labute approximate surface area is 206 Å². The van der Waals surface area contributed by atoms with E-state index >= 15 is 0 Å². The topological polar surface area (TPSA) is 170 Å². The molecule has 3 aromatic rings. The Balaban J connectivity index is 1.44. The lowest BCUT2D eigenvalue weighted by Gasteiger charge is -2.28. The van der Waals surface area contributed by atoms with E-state index in [1.54, 1.807) is 6.92 Å². The van der Waals surface area contributed by atoms with Gasteiger partial charge in [-0.15, -0.1) is 0 Å². The summed E-state index contributed by atoms with van der Waals surface area (Å²) in [6, 6.07) is 0. The fraction of sp³-hybridized carbons (Fsp3) is 0.609. The maximum Gasteiger partial charge on any atom is 0.341 e. The number of aliphatic hydroxyl groups is 3. The molecule has 0 aromatic carbocycles. The van der Waals surface area contributed by atoms with Gasteiger partial charge in [0.1, 0.15) is 18.3 Å². The van der Waals surface area contributed by atoms with Gasteiger partial charge in [-0.25, -0.2) is 14.5 Å². The molecule has 13 nitrogen and oxygen atoms in total. The van der Waals surface area contributed by atoms with Crippen molar-refractivity contribution < 1.29 is 29.6 Å². The molecule has 6 rings (SSSR count). The number of nitrogens with one attached hydrogen (secondary N) is 1. The van der Waals surface area contributed by atoms with Gasteiger partial charge in [-0.2, -0.15) is 15.1 Å². The molecule has 2 aliphatic carbocycles. The van der Waals surface area contributed by atoms with Gasteiger partial charge in [0.05, 0.1) is 31.3 Å². The SMILES string of the molecule is CCOC(=O)c1cnn(-c2nc(NC34CCC(CC3)C4)c3ncn([C@@H]4O[C@H](CO)[C@@H](O)[C@H]4O)c3n2)c1. The molecule has 3 fully saturated rings. The van der Waals surface area contributed by atoms with E-state index in [4.69, 9.17) is 14.5 Å². The van der Waals surface area contributed by atoms with Gasteiger partial charge in [-0.1, -0.05) is 0 Å². The molecule has 0 unspecified atom stereocenters. The molecule has 0 amide bonds. The average molecular weight is 500 g/mol. The second-order valence-electron chi connectivity index (χ2n) is 9.87. The normalized spacial score (nSPS) is 31.4. The average Bonchev–Trinajstić information content (AvgIpc) is 3.69. The van der Waals surface area contributed by atoms with Crippen LogP contribution in [0.2, 0.25) is 0 Å². The van der Waals surface area contributed by atoms with E-state index < -0.39 is 37.1 Å². The number of ether oxygens (including phenoxy) is 2. The Kier molecular flexibility index (Phi) is 5.67. The van der Waals surface area contributed by atoms with Gasteiger partial charge in [-0.3, -0.25) is 4.57 Å². The molecule has 36 heavy (non-hydrogen) atoms. The number of aromatic nitrogens is 6. The monoisotopic (exact) mass is 499 g/mol. The van der Waals surface area contributed by atoms with Crippen molar-refractivity contribution in [3.05, 3.63) is 24.3 Å². The van der Waals surface area contributed by atoms with Crippen LogP contribution in [0.25, 0.3) is 17.1 Å². The second kappa shape index (κ2) is 8.76. The number of nitrogens with zero attached hydrogens (tertiary/aromatic N) is 6. The molecule has 4 atom stereocenters. The largest absolute Gasteiger partial charge is 0.462 e. The third-order valence-electron chi connectivity index (χ3n) is 7.62. The predicted octanol–water partition coefficient (Wildman–Crippen LogP) is 0.545. The van der Waals surface area contributed by atoms with Gasteiger partial charge in [-0.05, 0) is 44.9 Å². The summed E-state index contributed by atoms with van der Waals surface area (Å²) in [5.41, 5.74) is 1.04. The predicted molar refractivity (Wildman–Crippen MR) is 124 cm³/mol. The fourth-order valence-corrected chi connectivity index (χ4v) is 5.76. The number of hydrogen-bond donors (Lipinski definition) is 4. The van der Waals surface area contributed by atoms with Crippen molar-refractivity contribution in [1.82, 2.24) is 29.3 Å². The Morgan fingerprint density at radius 1 is 1.28 bits per heavy atom. The lowest BCUT2D eigenvalue weighted by Crippen LogP contribution is -2.34. The first kappa shape index (κ1) is 23.3. The summed E-state index contributed by atoms with van der Waals surface area (Å²) in [7, 11) is 0. The molecule has 13 heteroatoms. The number of fused-ring (bicyclic) bond motifs is 3. The maximum atomic E-state index is 12.2. The molecule has 4 N–H and O–H groups in total. The molecule has 1 aliphatic heterocycles. The zero-order chi connectivity index (χ0) is 25.0. The lowest BCUT2D eigenvalue weighted by molar-refractivity contribution is -0.0511. The van der Waals surface area contributed by atoms with Crippen LogP contribution in [0.1, 0.15) is 55.6 Å². The van der Waals surface area contributed by atoms with Crippen molar-refractivity contribution in [2.24, 2.45) is 5.92 Å². The van der Waals surface area contributed by atoms with E-state index in [2.05, 4.69) is 20.4 Å². The summed E-state index contributed by atoms with van der Waals surface area (Å²) in [4.78, 5) is 26.1. The van der Waals surface area contributed by atoms with Crippen LogP contribution >= 0.6 is 0 Å². The van der Waals surface area contributed by atoms with Crippen LogP contribution in [0.3, 0.4) is 0 Å². The smallest absolute Gasteiger partial charge is 0.341 e. The third kappa shape index (κ3) is 3.74. The molecule has 3 aromatic heterocycles. The highest BCUT2D eigenvalue weighted by Gasteiger charge is 2.46. The minimum Gasteiger partial charge on any atom is -0.462 e. The van der Waals surface area contributed by atoms with Crippen LogP contribution in [0.4, 0.5) is 5.82 Å². The number of rotatable bonds is 7. The molecule has 4 heterocycles. The van der Waals surface area contributed by atoms with Crippen LogP contribution in [0, 0.1) is 5.92 Å². The first-order valence-corrected chi connectivity index (χ1v) is 12.3. The highest BCUT2D eigenvalue weighted by Crippen LogP contribution is 2.49. The highest BCUT2D eigenvalue weighted by atomic mass is 16.6. The van der Waals surface area contributed by atoms with Crippen LogP contribution < -0.4 is 5.32 Å². The van der Waals surface area contributed by atoms with E-state index in [0.717, 1.165) is 19.3 Å². The van der Waals surface area contributed by atoms with Crippen LogP contribution in [0.15, 0.2) is 18.7 Å². The van der Waals surface area contributed by atoms with Gasteiger partial charge >= 0.3 is 5.97 Å². The number of esters is 1. The van der Waals surface area contributed by atoms with E-state index in [-0.39, 0.29) is 23.7 Å². The Morgan fingerprint density at radius 3 is 2.75 bits per heavy atom. The number of aliphatic hydroxyl groups excluding tert-OH is 3. The van der Waals surface area contributed by atoms with Crippen LogP contribution in [0.5, 0.6) is 0 Å². The quantitative estimate of drug-likeness (QED) is 0.335.